The molecule has 0 aliphatic heterocycles. The third-order valence-corrected chi connectivity index (χ3v) is 4.51. The summed E-state index contributed by atoms with van der Waals surface area (Å²) >= 11 is 1.19. The number of hydrogen-bond donors (Lipinski definition) is 2. The molecule has 1 heterocycles. The molecule has 112 valence electrons. The first-order chi connectivity index (χ1) is 10.0. The highest BCUT2D eigenvalue weighted by Gasteiger charge is 2.15. The smallest absolute Gasteiger partial charge is 0.411 e. The van der Waals surface area contributed by atoms with Crippen LogP contribution >= 0.6 is 11.3 Å². The van der Waals surface area contributed by atoms with Crippen LogP contribution in [-0.2, 0) is 14.8 Å². The molecule has 2 rings (SSSR count). The molecule has 0 saturated heterocycles. The number of amides is 1. The molecule has 0 bridgehead atoms. The number of carbonyl (C=O) groups is 1. The molecule has 2 aromatic rings. The quantitative estimate of drug-likeness (QED) is 0.879. The van der Waals surface area contributed by atoms with Crippen LogP contribution < -0.4 is 10.0 Å². The minimum atomic E-state index is -3.68. The van der Waals surface area contributed by atoms with Crippen molar-refractivity contribution in [3.8, 4) is 0 Å². The second-order valence-corrected chi connectivity index (χ2v) is 6.39. The molecule has 0 atom stereocenters. The van der Waals surface area contributed by atoms with E-state index in [1.54, 1.807) is 12.3 Å². The first-order valence-electron chi connectivity index (χ1n) is 5.97. The topological polar surface area (TPSA) is 97.4 Å². The highest BCUT2D eigenvalue weighted by molar-refractivity contribution is 7.93. The first-order valence-corrected chi connectivity index (χ1v) is 8.33. The SMILES string of the molecule is CCOC(=O)Nc1ccc(S(=O)(=O)Nc2nccs2)cc1. The molecule has 0 spiro atoms. The van der Waals surface area contributed by atoms with E-state index in [9.17, 15) is 13.2 Å². The van der Waals surface area contributed by atoms with E-state index in [2.05, 4.69) is 15.0 Å². The number of aromatic nitrogens is 1. The van der Waals surface area contributed by atoms with Gasteiger partial charge in [-0.2, -0.15) is 0 Å². The molecule has 2 N–H and O–H groups in total. The minimum absolute atomic E-state index is 0.0760. The lowest BCUT2D eigenvalue weighted by Crippen LogP contribution is -2.14. The van der Waals surface area contributed by atoms with E-state index in [0.29, 0.717) is 10.8 Å². The Kier molecular flexibility index (Phi) is 4.76. The summed E-state index contributed by atoms with van der Waals surface area (Å²) < 4.78 is 31.2. The van der Waals surface area contributed by atoms with Crippen molar-refractivity contribution in [3.63, 3.8) is 0 Å². The molecular formula is C12H13N3O4S2. The summed E-state index contributed by atoms with van der Waals surface area (Å²) in [5.74, 6) is 0. The fraction of sp³-hybridized carbons (Fsp3) is 0.167. The van der Waals surface area contributed by atoms with Crippen molar-refractivity contribution in [1.29, 1.82) is 0 Å². The number of hydrogen-bond acceptors (Lipinski definition) is 6. The average Bonchev–Trinajstić information content (AvgIpc) is 2.91. The van der Waals surface area contributed by atoms with Crippen molar-refractivity contribution >= 4 is 38.3 Å². The lowest BCUT2D eigenvalue weighted by molar-refractivity contribution is 0.168. The Morgan fingerprint density at radius 1 is 1.33 bits per heavy atom. The summed E-state index contributed by atoms with van der Waals surface area (Å²) in [6, 6.07) is 5.73. The van der Waals surface area contributed by atoms with Gasteiger partial charge in [-0.25, -0.2) is 18.2 Å². The van der Waals surface area contributed by atoms with Crippen LogP contribution in [0.15, 0.2) is 40.7 Å². The van der Waals surface area contributed by atoms with Gasteiger partial charge in [-0.3, -0.25) is 10.0 Å². The van der Waals surface area contributed by atoms with Crippen LogP contribution in [0.1, 0.15) is 6.92 Å². The van der Waals surface area contributed by atoms with E-state index in [4.69, 9.17) is 4.74 Å². The monoisotopic (exact) mass is 327 g/mol. The van der Waals surface area contributed by atoms with Crippen molar-refractivity contribution in [2.24, 2.45) is 0 Å². The molecule has 0 radical (unpaired) electrons. The fourth-order valence-corrected chi connectivity index (χ4v) is 3.24. The van der Waals surface area contributed by atoms with Crippen LogP contribution in [0.25, 0.3) is 0 Å². The predicted octanol–water partition coefficient (Wildman–Crippen LogP) is 2.51. The zero-order valence-corrected chi connectivity index (χ0v) is 12.7. The lowest BCUT2D eigenvalue weighted by atomic mass is 10.3. The third-order valence-electron chi connectivity index (χ3n) is 2.34. The van der Waals surface area contributed by atoms with Gasteiger partial charge >= 0.3 is 6.09 Å². The Bertz CT molecular complexity index is 697. The van der Waals surface area contributed by atoms with Crippen LogP contribution in [0.5, 0.6) is 0 Å². The number of benzene rings is 1. The third kappa shape index (κ3) is 4.17. The molecule has 0 unspecified atom stereocenters. The van der Waals surface area contributed by atoms with Crippen LogP contribution in [0.2, 0.25) is 0 Å². The molecule has 1 aromatic carbocycles. The van der Waals surface area contributed by atoms with Crippen LogP contribution in [0, 0.1) is 0 Å². The maximum absolute atomic E-state index is 12.1. The van der Waals surface area contributed by atoms with Gasteiger partial charge in [0, 0.05) is 17.3 Å². The van der Waals surface area contributed by atoms with E-state index in [-0.39, 0.29) is 11.5 Å². The highest BCUT2D eigenvalue weighted by Crippen LogP contribution is 2.19. The van der Waals surface area contributed by atoms with Gasteiger partial charge in [0.25, 0.3) is 10.0 Å². The number of anilines is 2. The fourth-order valence-electron chi connectivity index (χ4n) is 1.45. The molecule has 0 aliphatic carbocycles. The molecule has 0 saturated carbocycles. The number of sulfonamides is 1. The van der Waals surface area contributed by atoms with Gasteiger partial charge in [-0.1, -0.05) is 0 Å². The molecule has 0 fully saturated rings. The Hall–Kier alpha value is -2.13. The van der Waals surface area contributed by atoms with E-state index in [0.717, 1.165) is 0 Å². The summed E-state index contributed by atoms with van der Waals surface area (Å²) in [7, 11) is -3.68. The highest BCUT2D eigenvalue weighted by atomic mass is 32.2. The number of nitrogens with zero attached hydrogens (tertiary/aromatic N) is 1. The zero-order chi connectivity index (χ0) is 15.3. The largest absolute Gasteiger partial charge is 0.450 e. The van der Waals surface area contributed by atoms with E-state index >= 15 is 0 Å². The Labute approximate surface area is 126 Å². The molecule has 7 nitrogen and oxygen atoms in total. The second-order valence-electron chi connectivity index (χ2n) is 3.81. The van der Waals surface area contributed by atoms with E-state index in [1.807, 2.05) is 0 Å². The number of carbonyl (C=O) groups excluding carboxylic acids is 1. The molecular weight excluding hydrogens is 314 g/mol. The van der Waals surface area contributed by atoms with Crippen molar-refractivity contribution < 1.29 is 17.9 Å². The maximum atomic E-state index is 12.1. The lowest BCUT2D eigenvalue weighted by Gasteiger charge is -2.07. The molecule has 0 aliphatic rings. The van der Waals surface area contributed by atoms with Crippen molar-refractivity contribution in [2.45, 2.75) is 11.8 Å². The Morgan fingerprint density at radius 2 is 2.05 bits per heavy atom. The summed E-state index contributed by atoms with van der Waals surface area (Å²) in [5.41, 5.74) is 0.446. The molecule has 1 amide bonds. The summed E-state index contributed by atoms with van der Waals surface area (Å²) in [6.45, 7) is 1.95. The molecule has 9 heteroatoms. The first kappa shape index (κ1) is 15.3. The van der Waals surface area contributed by atoms with Crippen molar-refractivity contribution in [2.75, 3.05) is 16.6 Å². The van der Waals surface area contributed by atoms with Crippen LogP contribution in [0.4, 0.5) is 15.6 Å². The number of thiazole rings is 1. The summed E-state index contributed by atoms with van der Waals surface area (Å²) in [5, 5.41) is 4.45. The maximum Gasteiger partial charge on any atom is 0.411 e. The Morgan fingerprint density at radius 3 is 2.62 bits per heavy atom. The van der Waals surface area contributed by atoms with Gasteiger partial charge < -0.3 is 4.74 Å². The summed E-state index contributed by atoms with van der Waals surface area (Å²) in [4.78, 5) is 15.2. The Balaban J connectivity index is 2.09. The minimum Gasteiger partial charge on any atom is -0.450 e. The second kappa shape index (κ2) is 6.55. The van der Waals surface area contributed by atoms with Gasteiger partial charge in [-0.15, -0.1) is 11.3 Å². The van der Waals surface area contributed by atoms with Crippen molar-refractivity contribution in [1.82, 2.24) is 4.98 Å². The number of nitrogens with one attached hydrogen (secondary N) is 2. The van der Waals surface area contributed by atoms with Crippen LogP contribution in [0.3, 0.4) is 0 Å². The normalized spacial score (nSPS) is 10.9. The number of ether oxygens (including phenoxy) is 1. The van der Waals surface area contributed by atoms with Gasteiger partial charge in [0.2, 0.25) is 0 Å². The van der Waals surface area contributed by atoms with Gasteiger partial charge in [-0.05, 0) is 31.2 Å². The average molecular weight is 327 g/mol. The molecule has 1 aromatic heterocycles. The predicted molar refractivity (Wildman–Crippen MR) is 80.0 cm³/mol. The van der Waals surface area contributed by atoms with Crippen LogP contribution in [-0.4, -0.2) is 26.1 Å². The van der Waals surface area contributed by atoms with Gasteiger partial charge in [0.1, 0.15) is 0 Å². The zero-order valence-electron chi connectivity index (χ0n) is 11.1. The van der Waals surface area contributed by atoms with Crippen molar-refractivity contribution in [3.05, 3.63) is 35.8 Å². The summed E-state index contributed by atoms with van der Waals surface area (Å²) in [6.07, 6.45) is 0.920. The standard InChI is InChI=1S/C12H13N3O4S2/c1-2-19-12(16)14-9-3-5-10(6-4-9)21(17,18)15-11-13-7-8-20-11/h3-8H,2H2,1H3,(H,13,15)(H,14,16). The number of rotatable bonds is 5. The van der Waals surface area contributed by atoms with Gasteiger partial charge in [0.05, 0.1) is 11.5 Å². The molecule has 21 heavy (non-hydrogen) atoms. The van der Waals surface area contributed by atoms with E-state index < -0.39 is 16.1 Å². The van der Waals surface area contributed by atoms with E-state index in [1.165, 1.54) is 41.8 Å². The van der Waals surface area contributed by atoms with Gasteiger partial charge in [0.15, 0.2) is 5.13 Å².